The second-order valence-electron chi connectivity index (χ2n) is 3.25. The fourth-order valence-corrected chi connectivity index (χ4v) is 1.78. The molecule has 0 atom stereocenters. The van der Waals surface area contributed by atoms with E-state index in [1.54, 1.807) is 12.1 Å². The van der Waals surface area contributed by atoms with Gasteiger partial charge in [0.1, 0.15) is 5.15 Å². The lowest BCUT2D eigenvalue weighted by Crippen LogP contribution is -2.01. The molecule has 0 spiro atoms. The molecule has 17 heavy (non-hydrogen) atoms. The van der Waals surface area contributed by atoms with Crippen molar-refractivity contribution in [3.05, 3.63) is 33.7 Å². The zero-order valence-corrected chi connectivity index (χ0v) is 10.4. The molecule has 0 bridgehead atoms. The predicted molar refractivity (Wildman–Crippen MR) is 63.9 cm³/mol. The van der Waals surface area contributed by atoms with Crippen LogP contribution in [0.15, 0.2) is 12.1 Å². The van der Waals surface area contributed by atoms with Crippen molar-refractivity contribution in [3.63, 3.8) is 0 Å². The second kappa shape index (κ2) is 4.81. The van der Waals surface area contributed by atoms with E-state index in [9.17, 15) is 4.79 Å². The third-order valence-electron chi connectivity index (χ3n) is 2.23. The number of nitrogens with zero attached hydrogens (tertiary/aromatic N) is 4. The minimum atomic E-state index is 0.230. The Kier molecular flexibility index (Phi) is 3.40. The van der Waals surface area contributed by atoms with Crippen molar-refractivity contribution in [2.24, 2.45) is 0 Å². The molecule has 0 saturated heterocycles. The van der Waals surface area contributed by atoms with E-state index >= 15 is 0 Å². The molecule has 2 aromatic heterocycles. The first-order valence-corrected chi connectivity index (χ1v) is 5.65. The van der Waals surface area contributed by atoms with Gasteiger partial charge in [-0.3, -0.25) is 4.79 Å². The number of aldehydes is 1. The highest BCUT2D eigenvalue weighted by atomic mass is 35.5. The lowest BCUT2D eigenvalue weighted by atomic mass is 10.2. The lowest BCUT2D eigenvalue weighted by Gasteiger charge is -2.00. The predicted octanol–water partition coefficient (Wildman–Crippen LogP) is 2.34. The van der Waals surface area contributed by atoms with Crippen molar-refractivity contribution in [1.29, 1.82) is 0 Å². The minimum absolute atomic E-state index is 0.230. The quantitative estimate of drug-likeness (QED) is 0.804. The Labute approximate surface area is 107 Å². The molecule has 0 fully saturated rings. The molecule has 2 heterocycles. The van der Waals surface area contributed by atoms with Crippen LogP contribution in [-0.4, -0.2) is 26.3 Å². The van der Waals surface area contributed by atoms with Crippen LogP contribution in [0.1, 0.15) is 23.0 Å². The van der Waals surface area contributed by atoms with E-state index < -0.39 is 0 Å². The first-order chi connectivity index (χ1) is 8.17. The topological polar surface area (TPSA) is 60.7 Å². The summed E-state index contributed by atoms with van der Waals surface area (Å²) in [4.78, 5) is 10.9. The highest BCUT2D eigenvalue weighted by Crippen LogP contribution is 2.21. The van der Waals surface area contributed by atoms with Gasteiger partial charge in [-0.15, -0.1) is 10.2 Å². The van der Waals surface area contributed by atoms with Gasteiger partial charge in [0.2, 0.25) is 0 Å². The van der Waals surface area contributed by atoms with Gasteiger partial charge >= 0.3 is 0 Å². The summed E-state index contributed by atoms with van der Waals surface area (Å²) in [6.45, 7) is 1.89. The number of hydrogen-bond acceptors (Lipinski definition) is 4. The van der Waals surface area contributed by atoms with E-state index in [4.69, 9.17) is 23.2 Å². The molecule has 0 unspecified atom stereocenters. The molecule has 0 aliphatic rings. The zero-order chi connectivity index (χ0) is 12.4. The molecule has 0 aromatic carbocycles. The standard InChI is InChI=1S/C10H8Cl2N4O/c1-2-7-6(5-17)10(12)16(15-7)9-4-3-8(11)13-14-9/h3-5H,2H2,1H3. The Hall–Kier alpha value is -1.46. The van der Waals surface area contributed by atoms with E-state index in [1.165, 1.54) is 4.68 Å². The van der Waals surface area contributed by atoms with Crippen molar-refractivity contribution < 1.29 is 4.79 Å². The third kappa shape index (κ3) is 2.16. The highest BCUT2D eigenvalue weighted by molar-refractivity contribution is 6.32. The Bertz CT molecular complexity index is 550. The summed E-state index contributed by atoms with van der Waals surface area (Å²) in [6.07, 6.45) is 1.30. The zero-order valence-electron chi connectivity index (χ0n) is 8.89. The molecular weight excluding hydrogens is 263 g/mol. The molecule has 5 nitrogen and oxygen atoms in total. The number of hydrogen-bond donors (Lipinski definition) is 0. The Morgan fingerprint density at radius 3 is 2.59 bits per heavy atom. The molecule has 0 aliphatic heterocycles. The van der Waals surface area contributed by atoms with Crippen molar-refractivity contribution in [2.75, 3.05) is 0 Å². The Balaban J connectivity index is 2.56. The average molecular weight is 271 g/mol. The number of rotatable bonds is 3. The van der Waals surface area contributed by atoms with Gasteiger partial charge in [-0.2, -0.15) is 5.10 Å². The van der Waals surface area contributed by atoms with Gasteiger partial charge in [-0.1, -0.05) is 30.1 Å². The van der Waals surface area contributed by atoms with E-state index in [-0.39, 0.29) is 10.3 Å². The first-order valence-electron chi connectivity index (χ1n) is 4.89. The molecule has 88 valence electrons. The SMILES string of the molecule is CCc1nn(-c2ccc(Cl)nn2)c(Cl)c1C=O. The summed E-state index contributed by atoms with van der Waals surface area (Å²) in [5.41, 5.74) is 1.01. The van der Waals surface area contributed by atoms with Crippen LogP contribution < -0.4 is 0 Å². The van der Waals surface area contributed by atoms with E-state index in [1.807, 2.05) is 6.92 Å². The molecule has 0 saturated carbocycles. The van der Waals surface area contributed by atoms with Crippen LogP contribution in [0.2, 0.25) is 10.3 Å². The van der Waals surface area contributed by atoms with E-state index in [2.05, 4.69) is 15.3 Å². The van der Waals surface area contributed by atoms with Crippen molar-refractivity contribution >= 4 is 29.5 Å². The third-order valence-corrected chi connectivity index (χ3v) is 2.79. The van der Waals surface area contributed by atoms with Gasteiger partial charge in [-0.05, 0) is 18.6 Å². The number of aromatic nitrogens is 4. The van der Waals surface area contributed by atoms with Gasteiger partial charge in [0, 0.05) is 0 Å². The maximum absolute atomic E-state index is 10.9. The molecule has 0 radical (unpaired) electrons. The van der Waals surface area contributed by atoms with Crippen LogP contribution in [0.4, 0.5) is 0 Å². The largest absolute Gasteiger partial charge is 0.298 e. The lowest BCUT2D eigenvalue weighted by molar-refractivity contribution is 0.112. The molecule has 0 N–H and O–H groups in total. The number of carbonyl (C=O) groups excluding carboxylic acids is 1. The Morgan fingerprint density at radius 2 is 2.12 bits per heavy atom. The second-order valence-corrected chi connectivity index (χ2v) is 3.99. The first kappa shape index (κ1) is 12.0. The number of aryl methyl sites for hydroxylation is 1. The van der Waals surface area contributed by atoms with Crippen LogP contribution in [0, 0.1) is 0 Å². The van der Waals surface area contributed by atoms with E-state index in [0.717, 1.165) is 0 Å². The van der Waals surface area contributed by atoms with Gasteiger partial charge in [0.05, 0.1) is 11.3 Å². The number of carbonyl (C=O) groups is 1. The molecule has 2 rings (SSSR count). The maximum Gasteiger partial charge on any atom is 0.177 e. The van der Waals surface area contributed by atoms with Crippen LogP contribution >= 0.6 is 23.2 Å². The monoisotopic (exact) mass is 270 g/mol. The molecule has 0 aliphatic carbocycles. The van der Waals surface area contributed by atoms with E-state index in [0.29, 0.717) is 29.8 Å². The average Bonchev–Trinajstić information content (AvgIpc) is 2.66. The highest BCUT2D eigenvalue weighted by Gasteiger charge is 2.16. The van der Waals surface area contributed by atoms with Crippen LogP contribution in [0.25, 0.3) is 5.82 Å². The summed E-state index contributed by atoms with van der Waals surface area (Å²) in [5, 5.41) is 12.3. The number of halogens is 2. The van der Waals surface area contributed by atoms with Crippen molar-refractivity contribution in [1.82, 2.24) is 20.0 Å². The van der Waals surface area contributed by atoms with Crippen LogP contribution in [0.5, 0.6) is 0 Å². The van der Waals surface area contributed by atoms with Gasteiger partial charge in [0.25, 0.3) is 0 Å². The van der Waals surface area contributed by atoms with Crippen molar-refractivity contribution in [2.45, 2.75) is 13.3 Å². The van der Waals surface area contributed by atoms with Gasteiger partial charge in [-0.25, -0.2) is 4.68 Å². The fraction of sp³-hybridized carbons (Fsp3) is 0.200. The smallest absolute Gasteiger partial charge is 0.177 e. The normalized spacial score (nSPS) is 10.5. The van der Waals surface area contributed by atoms with Crippen LogP contribution in [0.3, 0.4) is 0 Å². The molecule has 2 aromatic rings. The van der Waals surface area contributed by atoms with Gasteiger partial charge < -0.3 is 0 Å². The maximum atomic E-state index is 10.9. The Morgan fingerprint density at radius 1 is 1.35 bits per heavy atom. The summed E-state index contributed by atoms with van der Waals surface area (Å²) in [7, 11) is 0. The molecule has 0 amide bonds. The van der Waals surface area contributed by atoms with Crippen LogP contribution in [-0.2, 0) is 6.42 Å². The summed E-state index contributed by atoms with van der Waals surface area (Å²) in [5.74, 6) is 0.419. The summed E-state index contributed by atoms with van der Waals surface area (Å²) < 4.78 is 1.37. The summed E-state index contributed by atoms with van der Waals surface area (Å²) in [6, 6.07) is 3.20. The summed E-state index contributed by atoms with van der Waals surface area (Å²) >= 11 is 11.7. The van der Waals surface area contributed by atoms with Crippen molar-refractivity contribution in [3.8, 4) is 5.82 Å². The molecular formula is C10H8Cl2N4O. The fourth-order valence-electron chi connectivity index (χ4n) is 1.40. The molecule has 7 heteroatoms. The van der Waals surface area contributed by atoms with Gasteiger partial charge in [0.15, 0.2) is 17.3 Å². The minimum Gasteiger partial charge on any atom is -0.298 e.